The molecule has 14 heavy (non-hydrogen) atoms. The van der Waals surface area contributed by atoms with E-state index in [0.717, 1.165) is 19.6 Å². The lowest BCUT2D eigenvalue weighted by Crippen LogP contribution is -2.00. The van der Waals surface area contributed by atoms with Gasteiger partial charge in [0.25, 0.3) is 0 Å². The van der Waals surface area contributed by atoms with E-state index in [2.05, 4.69) is 31.2 Å². The molecule has 0 heterocycles. The van der Waals surface area contributed by atoms with Gasteiger partial charge in [-0.15, -0.1) is 0 Å². The van der Waals surface area contributed by atoms with Gasteiger partial charge in [0, 0.05) is 6.61 Å². The maximum atomic E-state index is 5.54. The van der Waals surface area contributed by atoms with Crippen molar-refractivity contribution >= 4 is 0 Å². The Kier molecular flexibility index (Phi) is 6.09. The van der Waals surface area contributed by atoms with Crippen LogP contribution in [0.15, 0.2) is 30.3 Å². The second-order valence-corrected chi connectivity index (χ2v) is 3.56. The first-order valence-electron chi connectivity index (χ1n) is 5.55. The maximum absolute atomic E-state index is 5.54. The predicted octanol–water partition coefficient (Wildman–Crippen LogP) is 3.44. The molecule has 1 heteroatoms. The summed E-state index contributed by atoms with van der Waals surface area (Å²) in [6.45, 7) is 3.98. The molecular weight excluding hydrogens is 172 g/mol. The van der Waals surface area contributed by atoms with E-state index < -0.39 is 0 Å². The van der Waals surface area contributed by atoms with Crippen molar-refractivity contribution in [3.05, 3.63) is 35.9 Å². The zero-order valence-electron chi connectivity index (χ0n) is 9.04. The second kappa shape index (κ2) is 7.57. The number of ether oxygens (including phenoxy) is 1. The lowest BCUT2D eigenvalue weighted by molar-refractivity contribution is 0.133. The van der Waals surface area contributed by atoms with Gasteiger partial charge in [0.1, 0.15) is 0 Å². The van der Waals surface area contributed by atoms with Crippen molar-refractivity contribution in [2.75, 3.05) is 13.2 Å². The zero-order valence-corrected chi connectivity index (χ0v) is 9.04. The predicted molar refractivity (Wildman–Crippen MR) is 60.5 cm³/mol. The highest BCUT2D eigenvalue weighted by atomic mass is 16.5. The van der Waals surface area contributed by atoms with E-state index in [-0.39, 0.29) is 0 Å². The van der Waals surface area contributed by atoms with Crippen LogP contribution in [-0.2, 0) is 11.2 Å². The molecule has 0 aliphatic carbocycles. The molecule has 0 amide bonds. The highest BCUT2D eigenvalue weighted by molar-refractivity contribution is 5.14. The maximum Gasteiger partial charge on any atom is 0.0506 e. The van der Waals surface area contributed by atoms with Crippen LogP contribution in [-0.4, -0.2) is 13.2 Å². The number of hydrogen-bond acceptors (Lipinski definition) is 1. The highest BCUT2D eigenvalue weighted by Gasteiger charge is 1.91. The number of rotatable bonds is 7. The summed E-state index contributed by atoms with van der Waals surface area (Å²) in [5.74, 6) is 0. The lowest BCUT2D eigenvalue weighted by Gasteiger charge is -2.03. The molecule has 0 aliphatic rings. The Labute approximate surface area is 87.1 Å². The van der Waals surface area contributed by atoms with Crippen molar-refractivity contribution in [2.24, 2.45) is 0 Å². The van der Waals surface area contributed by atoms with Crippen LogP contribution in [0, 0.1) is 0 Å². The van der Waals surface area contributed by atoms with E-state index >= 15 is 0 Å². The van der Waals surface area contributed by atoms with Gasteiger partial charge in [-0.25, -0.2) is 0 Å². The van der Waals surface area contributed by atoms with E-state index in [0.29, 0.717) is 0 Å². The average Bonchev–Trinajstić information content (AvgIpc) is 2.25. The Bertz CT molecular complexity index is 218. The summed E-state index contributed by atoms with van der Waals surface area (Å²) in [7, 11) is 0. The quantitative estimate of drug-likeness (QED) is 0.601. The molecule has 78 valence electrons. The van der Waals surface area contributed by atoms with Crippen LogP contribution in [0.4, 0.5) is 0 Å². The SMILES string of the molecule is CCCCCOCCc1ccccc1. The van der Waals surface area contributed by atoms with Crippen molar-refractivity contribution in [3.8, 4) is 0 Å². The Hall–Kier alpha value is -0.820. The summed E-state index contributed by atoms with van der Waals surface area (Å²) < 4.78 is 5.54. The van der Waals surface area contributed by atoms with E-state index in [9.17, 15) is 0 Å². The zero-order chi connectivity index (χ0) is 10.1. The molecule has 0 fully saturated rings. The molecule has 1 rings (SSSR count). The van der Waals surface area contributed by atoms with Crippen molar-refractivity contribution < 1.29 is 4.74 Å². The van der Waals surface area contributed by atoms with Crippen molar-refractivity contribution in [1.29, 1.82) is 0 Å². The fourth-order valence-corrected chi connectivity index (χ4v) is 1.39. The normalized spacial score (nSPS) is 10.4. The third kappa shape index (κ3) is 5.03. The van der Waals surface area contributed by atoms with E-state index in [4.69, 9.17) is 4.74 Å². The van der Waals surface area contributed by atoms with Gasteiger partial charge in [0.2, 0.25) is 0 Å². The van der Waals surface area contributed by atoms with E-state index in [1.807, 2.05) is 6.07 Å². The third-order valence-electron chi connectivity index (χ3n) is 2.27. The topological polar surface area (TPSA) is 9.23 Å². The van der Waals surface area contributed by atoms with Crippen LogP contribution in [0.5, 0.6) is 0 Å². The third-order valence-corrected chi connectivity index (χ3v) is 2.27. The molecule has 0 N–H and O–H groups in total. The molecule has 0 saturated heterocycles. The number of unbranched alkanes of at least 4 members (excludes halogenated alkanes) is 2. The standard InChI is InChI=1S/C13H20O/c1-2-3-7-11-14-12-10-13-8-5-4-6-9-13/h4-6,8-9H,2-3,7,10-12H2,1H3. The molecular formula is C13H20O. The van der Waals surface area contributed by atoms with E-state index in [1.54, 1.807) is 0 Å². The first kappa shape index (κ1) is 11.3. The smallest absolute Gasteiger partial charge is 0.0506 e. The highest BCUT2D eigenvalue weighted by Crippen LogP contribution is 2.00. The van der Waals surface area contributed by atoms with Gasteiger partial charge < -0.3 is 4.74 Å². The minimum Gasteiger partial charge on any atom is -0.381 e. The Morgan fingerprint density at radius 3 is 2.50 bits per heavy atom. The van der Waals surface area contributed by atoms with Crippen LogP contribution in [0.3, 0.4) is 0 Å². The molecule has 0 saturated carbocycles. The summed E-state index contributed by atoms with van der Waals surface area (Å²) in [5, 5.41) is 0. The van der Waals surface area contributed by atoms with Gasteiger partial charge in [-0.2, -0.15) is 0 Å². The van der Waals surface area contributed by atoms with Crippen LogP contribution in [0.1, 0.15) is 31.7 Å². The molecule has 1 aromatic carbocycles. The molecule has 0 radical (unpaired) electrons. The van der Waals surface area contributed by atoms with Crippen LogP contribution < -0.4 is 0 Å². The molecule has 0 spiro atoms. The second-order valence-electron chi connectivity index (χ2n) is 3.56. The largest absolute Gasteiger partial charge is 0.381 e. The number of hydrogen-bond donors (Lipinski definition) is 0. The molecule has 0 atom stereocenters. The van der Waals surface area contributed by atoms with Crippen LogP contribution in [0.2, 0.25) is 0 Å². The van der Waals surface area contributed by atoms with E-state index in [1.165, 1.54) is 24.8 Å². The van der Waals surface area contributed by atoms with Gasteiger partial charge in [-0.1, -0.05) is 50.1 Å². The van der Waals surface area contributed by atoms with Crippen LogP contribution in [0.25, 0.3) is 0 Å². The summed E-state index contributed by atoms with van der Waals surface area (Å²) in [4.78, 5) is 0. The monoisotopic (exact) mass is 192 g/mol. The first-order valence-corrected chi connectivity index (χ1v) is 5.55. The minimum atomic E-state index is 0.855. The molecule has 0 unspecified atom stereocenters. The molecule has 1 nitrogen and oxygen atoms in total. The average molecular weight is 192 g/mol. The van der Waals surface area contributed by atoms with Crippen molar-refractivity contribution in [1.82, 2.24) is 0 Å². The number of benzene rings is 1. The summed E-state index contributed by atoms with van der Waals surface area (Å²) in [6, 6.07) is 10.5. The van der Waals surface area contributed by atoms with Crippen molar-refractivity contribution in [2.45, 2.75) is 32.6 Å². The summed E-state index contributed by atoms with van der Waals surface area (Å²) in [6.07, 6.45) is 4.78. The summed E-state index contributed by atoms with van der Waals surface area (Å²) >= 11 is 0. The Balaban J connectivity index is 1.99. The molecule has 0 bridgehead atoms. The molecule has 0 aromatic heterocycles. The first-order chi connectivity index (χ1) is 6.93. The van der Waals surface area contributed by atoms with Gasteiger partial charge in [0.15, 0.2) is 0 Å². The fourth-order valence-electron chi connectivity index (χ4n) is 1.39. The minimum absolute atomic E-state index is 0.855. The summed E-state index contributed by atoms with van der Waals surface area (Å²) in [5.41, 5.74) is 1.36. The van der Waals surface area contributed by atoms with Crippen molar-refractivity contribution in [3.63, 3.8) is 0 Å². The van der Waals surface area contributed by atoms with Gasteiger partial charge in [-0.05, 0) is 18.4 Å². The fraction of sp³-hybridized carbons (Fsp3) is 0.538. The molecule has 1 aromatic rings. The van der Waals surface area contributed by atoms with Gasteiger partial charge >= 0.3 is 0 Å². The van der Waals surface area contributed by atoms with Crippen LogP contribution >= 0.6 is 0 Å². The lowest BCUT2D eigenvalue weighted by atomic mass is 10.2. The molecule has 0 aliphatic heterocycles. The van der Waals surface area contributed by atoms with Gasteiger partial charge in [0.05, 0.1) is 6.61 Å². The Morgan fingerprint density at radius 2 is 1.79 bits per heavy atom. The van der Waals surface area contributed by atoms with Gasteiger partial charge in [-0.3, -0.25) is 0 Å². The Morgan fingerprint density at radius 1 is 1.00 bits per heavy atom.